The summed E-state index contributed by atoms with van der Waals surface area (Å²) in [6, 6.07) is 4.72. The number of carbonyl (C=O) groups is 1. The van der Waals surface area contributed by atoms with Crippen LogP contribution in [0.2, 0.25) is 0 Å². The van der Waals surface area contributed by atoms with E-state index in [9.17, 15) is 9.59 Å². The van der Waals surface area contributed by atoms with Gasteiger partial charge in [-0.25, -0.2) is 4.79 Å². The summed E-state index contributed by atoms with van der Waals surface area (Å²) in [5.74, 6) is -1.03. The molecule has 19 heavy (non-hydrogen) atoms. The van der Waals surface area contributed by atoms with E-state index in [1.807, 2.05) is 0 Å². The van der Waals surface area contributed by atoms with Crippen molar-refractivity contribution in [2.45, 2.75) is 6.54 Å². The summed E-state index contributed by atoms with van der Waals surface area (Å²) in [6.07, 6.45) is 2.93. The lowest BCUT2D eigenvalue weighted by atomic mass is 10.2. The summed E-state index contributed by atoms with van der Waals surface area (Å²) < 4.78 is 2.70. The number of aromatic nitrogens is 2. The standard InChI is InChI=1S/C12H8Br2N2O3/c13-8-3-10(14)11(17)16(5-8)6-9-2-1-7(4-15-9)12(18)19/h1-5H,6H2,(H,18,19). The Balaban J connectivity index is 2.31. The van der Waals surface area contributed by atoms with Crippen molar-refractivity contribution < 1.29 is 9.90 Å². The first-order valence-corrected chi connectivity index (χ1v) is 6.79. The van der Waals surface area contributed by atoms with Gasteiger partial charge in [-0.3, -0.25) is 9.78 Å². The van der Waals surface area contributed by atoms with E-state index in [0.717, 1.165) is 4.47 Å². The Labute approximate surface area is 125 Å². The predicted molar refractivity (Wildman–Crippen MR) is 76.4 cm³/mol. The lowest BCUT2D eigenvalue weighted by molar-refractivity contribution is 0.0696. The first kappa shape index (κ1) is 14.0. The zero-order valence-electron chi connectivity index (χ0n) is 9.51. The van der Waals surface area contributed by atoms with Gasteiger partial charge < -0.3 is 9.67 Å². The van der Waals surface area contributed by atoms with Gasteiger partial charge in [0.15, 0.2) is 0 Å². The third kappa shape index (κ3) is 3.30. The second kappa shape index (κ2) is 5.66. The molecule has 0 bridgehead atoms. The van der Waals surface area contributed by atoms with Crippen LogP contribution < -0.4 is 5.56 Å². The molecule has 0 atom stereocenters. The highest BCUT2D eigenvalue weighted by Gasteiger charge is 2.06. The maximum absolute atomic E-state index is 11.9. The molecule has 5 nitrogen and oxygen atoms in total. The van der Waals surface area contributed by atoms with Gasteiger partial charge in [-0.1, -0.05) is 0 Å². The van der Waals surface area contributed by atoms with Gasteiger partial charge in [0.2, 0.25) is 0 Å². The van der Waals surface area contributed by atoms with Crippen LogP contribution in [0.5, 0.6) is 0 Å². The fourth-order valence-corrected chi connectivity index (χ4v) is 2.76. The summed E-state index contributed by atoms with van der Waals surface area (Å²) in [5, 5.41) is 8.77. The molecule has 0 amide bonds. The van der Waals surface area contributed by atoms with Gasteiger partial charge in [-0.2, -0.15) is 0 Å². The minimum atomic E-state index is -1.03. The Hall–Kier alpha value is -1.47. The quantitative estimate of drug-likeness (QED) is 0.878. The van der Waals surface area contributed by atoms with Crippen LogP contribution in [0, 0.1) is 0 Å². The Morgan fingerprint density at radius 1 is 1.37 bits per heavy atom. The molecule has 1 N–H and O–H groups in total. The van der Waals surface area contributed by atoms with Crippen molar-refractivity contribution >= 4 is 37.8 Å². The van der Waals surface area contributed by atoms with Crippen LogP contribution in [-0.4, -0.2) is 20.6 Å². The third-order valence-electron chi connectivity index (χ3n) is 2.41. The Bertz CT molecular complexity index is 680. The van der Waals surface area contributed by atoms with E-state index in [0.29, 0.717) is 10.2 Å². The maximum atomic E-state index is 11.9. The molecule has 0 saturated carbocycles. The summed E-state index contributed by atoms with van der Waals surface area (Å²) in [7, 11) is 0. The topological polar surface area (TPSA) is 72.2 Å². The van der Waals surface area contributed by atoms with E-state index < -0.39 is 5.97 Å². The van der Waals surface area contributed by atoms with E-state index in [-0.39, 0.29) is 17.7 Å². The molecule has 2 aromatic heterocycles. The first-order valence-electron chi connectivity index (χ1n) is 5.21. The average Bonchev–Trinajstić information content (AvgIpc) is 2.36. The number of hydrogen-bond acceptors (Lipinski definition) is 3. The molecule has 0 radical (unpaired) electrons. The van der Waals surface area contributed by atoms with Crippen molar-refractivity contribution in [3.8, 4) is 0 Å². The van der Waals surface area contributed by atoms with Crippen molar-refractivity contribution in [2.75, 3.05) is 0 Å². The molecule has 2 aromatic rings. The van der Waals surface area contributed by atoms with Crippen molar-refractivity contribution in [3.63, 3.8) is 0 Å². The number of nitrogens with zero attached hydrogens (tertiary/aromatic N) is 2. The zero-order chi connectivity index (χ0) is 14.0. The number of pyridine rings is 2. The highest BCUT2D eigenvalue weighted by atomic mass is 79.9. The summed E-state index contributed by atoms with van der Waals surface area (Å²) in [4.78, 5) is 26.6. The van der Waals surface area contributed by atoms with Crippen LogP contribution in [0.15, 0.2) is 44.3 Å². The average molecular weight is 388 g/mol. The fourth-order valence-electron chi connectivity index (χ4n) is 1.50. The maximum Gasteiger partial charge on any atom is 0.337 e. The molecule has 7 heteroatoms. The van der Waals surface area contributed by atoms with Gasteiger partial charge in [-0.15, -0.1) is 0 Å². The Morgan fingerprint density at radius 2 is 2.11 bits per heavy atom. The predicted octanol–water partition coefficient (Wildman–Crippen LogP) is 2.51. The molecule has 0 aliphatic carbocycles. The van der Waals surface area contributed by atoms with Crippen LogP contribution in [0.3, 0.4) is 0 Å². The third-order valence-corrected chi connectivity index (χ3v) is 3.41. The minimum absolute atomic E-state index is 0.117. The van der Waals surface area contributed by atoms with Gasteiger partial charge in [0.25, 0.3) is 5.56 Å². The molecule has 0 aliphatic heterocycles. The Morgan fingerprint density at radius 3 is 2.68 bits per heavy atom. The molecule has 0 aliphatic rings. The van der Waals surface area contributed by atoms with Crippen molar-refractivity contribution in [2.24, 2.45) is 0 Å². The highest BCUT2D eigenvalue weighted by Crippen LogP contribution is 2.13. The zero-order valence-corrected chi connectivity index (χ0v) is 12.7. The van der Waals surface area contributed by atoms with Crippen molar-refractivity contribution in [1.29, 1.82) is 0 Å². The fraction of sp³-hybridized carbons (Fsp3) is 0.0833. The van der Waals surface area contributed by atoms with Crippen molar-refractivity contribution in [1.82, 2.24) is 9.55 Å². The number of aromatic carboxylic acids is 1. The molecule has 0 saturated heterocycles. The van der Waals surface area contributed by atoms with Gasteiger partial charge in [-0.05, 0) is 50.1 Å². The number of rotatable bonds is 3. The van der Waals surface area contributed by atoms with Crippen LogP contribution in [0.1, 0.15) is 16.1 Å². The van der Waals surface area contributed by atoms with Crippen LogP contribution in [0.4, 0.5) is 0 Å². The monoisotopic (exact) mass is 386 g/mol. The summed E-state index contributed by atoms with van der Waals surface area (Å²) in [6.45, 7) is 0.275. The van der Waals surface area contributed by atoms with E-state index in [1.165, 1.54) is 16.8 Å². The summed E-state index contributed by atoms with van der Waals surface area (Å²) >= 11 is 6.48. The second-order valence-corrected chi connectivity index (χ2v) is 5.55. The second-order valence-electron chi connectivity index (χ2n) is 3.78. The lowest BCUT2D eigenvalue weighted by Gasteiger charge is -2.07. The smallest absolute Gasteiger partial charge is 0.337 e. The van der Waals surface area contributed by atoms with Gasteiger partial charge in [0.1, 0.15) is 0 Å². The number of halogens is 2. The van der Waals surface area contributed by atoms with Gasteiger partial charge >= 0.3 is 5.97 Å². The van der Waals surface area contributed by atoms with E-state index >= 15 is 0 Å². The largest absolute Gasteiger partial charge is 0.478 e. The van der Waals surface area contributed by atoms with E-state index in [1.54, 1.807) is 18.3 Å². The molecule has 2 heterocycles. The Kier molecular flexibility index (Phi) is 4.16. The van der Waals surface area contributed by atoms with E-state index in [2.05, 4.69) is 36.8 Å². The first-order chi connectivity index (χ1) is 8.97. The number of hydrogen-bond donors (Lipinski definition) is 1. The van der Waals surface area contributed by atoms with Gasteiger partial charge in [0, 0.05) is 16.9 Å². The molecule has 0 aromatic carbocycles. The normalized spacial score (nSPS) is 10.4. The molecular weight excluding hydrogens is 380 g/mol. The summed E-state index contributed by atoms with van der Waals surface area (Å²) in [5.41, 5.74) is 0.552. The number of carboxylic acids is 1. The highest BCUT2D eigenvalue weighted by molar-refractivity contribution is 9.11. The van der Waals surface area contributed by atoms with Crippen LogP contribution in [0.25, 0.3) is 0 Å². The number of carboxylic acid groups (broad SMARTS) is 1. The van der Waals surface area contributed by atoms with Crippen LogP contribution in [-0.2, 0) is 6.54 Å². The van der Waals surface area contributed by atoms with Gasteiger partial charge in [0.05, 0.1) is 22.3 Å². The van der Waals surface area contributed by atoms with Crippen LogP contribution >= 0.6 is 31.9 Å². The molecular formula is C12H8Br2N2O3. The molecule has 0 fully saturated rings. The lowest BCUT2D eigenvalue weighted by Crippen LogP contribution is -2.21. The van der Waals surface area contributed by atoms with E-state index in [4.69, 9.17) is 5.11 Å². The molecule has 0 spiro atoms. The molecule has 98 valence electrons. The van der Waals surface area contributed by atoms with Crippen molar-refractivity contribution in [3.05, 3.63) is 61.1 Å². The molecule has 2 rings (SSSR count). The SMILES string of the molecule is O=C(O)c1ccc(Cn2cc(Br)cc(Br)c2=O)nc1. The minimum Gasteiger partial charge on any atom is -0.478 e. The molecule has 0 unspecified atom stereocenters.